The normalized spacial score (nSPS) is 8.33. The molecule has 0 fully saturated rings. The molecule has 3 N–H and O–H groups in total. The van der Waals surface area contributed by atoms with Gasteiger partial charge in [-0.3, -0.25) is 19.2 Å². The minimum Gasteiger partial charge on any atom is -0.350 e. The summed E-state index contributed by atoms with van der Waals surface area (Å²) < 4.78 is 0. The quantitative estimate of drug-likeness (QED) is 0.172. The summed E-state index contributed by atoms with van der Waals surface area (Å²) in [7, 11) is 0. The zero-order valence-corrected chi connectivity index (χ0v) is 6.20. The fourth-order valence-corrected chi connectivity index (χ4v) is 0.389. The molecule has 3 amide bonds. The SMILES string of the molecule is O=CNCC(=O)NCONC=O. The molecule has 7 heteroatoms. The van der Waals surface area contributed by atoms with Crippen molar-refractivity contribution in [1.82, 2.24) is 16.1 Å². The fourth-order valence-electron chi connectivity index (χ4n) is 0.389. The molecule has 0 saturated carbocycles. The highest BCUT2D eigenvalue weighted by Crippen LogP contribution is 1.63. The highest BCUT2D eigenvalue weighted by molar-refractivity contribution is 5.79. The van der Waals surface area contributed by atoms with Gasteiger partial charge in [0.05, 0.1) is 6.54 Å². The molecule has 0 aliphatic heterocycles. The summed E-state index contributed by atoms with van der Waals surface area (Å²) >= 11 is 0. The van der Waals surface area contributed by atoms with E-state index >= 15 is 0 Å². The predicted octanol–water partition coefficient (Wildman–Crippen LogP) is -2.52. The Hall–Kier alpha value is -1.63. The molecule has 0 bridgehead atoms. The van der Waals surface area contributed by atoms with Crippen molar-refractivity contribution >= 4 is 18.7 Å². The van der Waals surface area contributed by atoms with E-state index < -0.39 is 5.91 Å². The van der Waals surface area contributed by atoms with E-state index in [-0.39, 0.29) is 13.3 Å². The Labute approximate surface area is 68.4 Å². The van der Waals surface area contributed by atoms with Crippen LogP contribution in [-0.2, 0) is 19.2 Å². The Morgan fingerprint density at radius 3 is 2.67 bits per heavy atom. The van der Waals surface area contributed by atoms with E-state index in [9.17, 15) is 14.4 Å². The minimum atomic E-state index is -0.408. The lowest BCUT2D eigenvalue weighted by Gasteiger charge is -2.03. The second-order valence-corrected chi connectivity index (χ2v) is 1.62. The van der Waals surface area contributed by atoms with Crippen LogP contribution in [0.2, 0.25) is 0 Å². The second kappa shape index (κ2) is 7.48. The Morgan fingerprint density at radius 1 is 1.33 bits per heavy atom. The van der Waals surface area contributed by atoms with Crippen LogP contribution < -0.4 is 16.1 Å². The van der Waals surface area contributed by atoms with E-state index in [2.05, 4.69) is 15.5 Å². The van der Waals surface area contributed by atoms with Crippen LogP contribution in [0.1, 0.15) is 0 Å². The van der Waals surface area contributed by atoms with Crippen molar-refractivity contribution in [2.75, 3.05) is 13.3 Å². The first-order valence-corrected chi connectivity index (χ1v) is 3.06. The van der Waals surface area contributed by atoms with Gasteiger partial charge in [0.1, 0.15) is 6.73 Å². The van der Waals surface area contributed by atoms with Gasteiger partial charge >= 0.3 is 0 Å². The number of carbonyl (C=O) groups is 3. The molecule has 0 spiro atoms. The van der Waals surface area contributed by atoms with E-state index in [0.717, 1.165) is 0 Å². The van der Waals surface area contributed by atoms with Crippen LogP contribution in [0.5, 0.6) is 0 Å². The third kappa shape index (κ3) is 6.49. The smallest absolute Gasteiger partial charge is 0.241 e. The van der Waals surface area contributed by atoms with Crippen molar-refractivity contribution in [2.24, 2.45) is 0 Å². The van der Waals surface area contributed by atoms with Gasteiger partial charge in [0.25, 0.3) is 0 Å². The number of amides is 3. The van der Waals surface area contributed by atoms with Gasteiger partial charge in [0, 0.05) is 0 Å². The number of hydrogen-bond acceptors (Lipinski definition) is 4. The number of rotatable bonds is 7. The number of hydroxylamine groups is 1. The van der Waals surface area contributed by atoms with Crippen LogP contribution in [0.4, 0.5) is 0 Å². The number of nitrogens with one attached hydrogen (secondary N) is 3. The first-order chi connectivity index (χ1) is 5.81. The van der Waals surface area contributed by atoms with Gasteiger partial charge in [-0.25, -0.2) is 5.48 Å². The van der Waals surface area contributed by atoms with Gasteiger partial charge in [-0.15, -0.1) is 0 Å². The number of hydrogen-bond donors (Lipinski definition) is 3. The molecule has 0 atom stereocenters. The lowest BCUT2D eigenvalue weighted by Crippen LogP contribution is -2.36. The molecule has 0 saturated heterocycles. The molecule has 0 aliphatic carbocycles. The molecule has 0 unspecified atom stereocenters. The molecule has 0 aromatic heterocycles. The summed E-state index contributed by atoms with van der Waals surface area (Å²) in [5.74, 6) is -0.408. The first-order valence-electron chi connectivity index (χ1n) is 3.06. The lowest BCUT2D eigenvalue weighted by molar-refractivity contribution is -0.128. The van der Waals surface area contributed by atoms with Crippen LogP contribution in [0.15, 0.2) is 0 Å². The van der Waals surface area contributed by atoms with Crippen LogP contribution >= 0.6 is 0 Å². The van der Waals surface area contributed by atoms with E-state index in [1.54, 1.807) is 0 Å². The Morgan fingerprint density at radius 2 is 2.08 bits per heavy atom. The Kier molecular flexibility index (Phi) is 6.46. The molecule has 0 aliphatic rings. The predicted molar refractivity (Wildman–Crippen MR) is 37.4 cm³/mol. The average Bonchev–Trinajstić information content (AvgIpc) is 2.09. The summed E-state index contributed by atoms with van der Waals surface area (Å²) in [6.45, 7) is -0.258. The molecule has 0 aromatic carbocycles. The lowest BCUT2D eigenvalue weighted by atomic mass is 10.6. The molecule has 12 heavy (non-hydrogen) atoms. The third-order valence-corrected chi connectivity index (χ3v) is 0.819. The van der Waals surface area contributed by atoms with Gasteiger partial charge in [-0.2, -0.15) is 0 Å². The molecule has 0 radical (unpaired) electrons. The highest BCUT2D eigenvalue weighted by atomic mass is 16.7. The van der Waals surface area contributed by atoms with Crippen molar-refractivity contribution in [3.8, 4) is 0 Å². The van der Waals surface area contributed by atoms with Gasteiger partial charge in [0.15, 0.2) is 0 Å². The van der Waals surface area contributed by atoms with Crippen molar-refractivity contribution in [3.05, 3.63) is 0 Å². The molecular formula is C5H9N3O4. The van der Waals surface area contributed by atoms with Crippen molar-refractivity contribution < 1.29 is 19.2 Å². The Balaban J connectivity index is 3.19. The maximum absolute atomic E-state index is 10.6. The monoisotopic (exact) mass is 175 g/mol. The summed E-state index contributed by atoms with van der Waals surface area (Å²) in [6, 6.07) is 0. The van der Waals surface area contributed by atoms with Gasteiger partial charge in [-0.05, 0) is 0 Å². The average molecular weight is 175 g/mol. The summed E-state index contributed by atoms with van der Waals surface area (Å²) in [4.78, 5) is 34.3. The minimum absolute atomic E-state index is 0.117. The number of carbonyl (C=O) groups excluding carboxylic acids is 3. The molecule has 0 aromatic rings. The van der Waals surface area contributed by atoms with Crippen LogP contribution in [0.3, 0.4) is 0 Å². The second-order valence-electron chi connectivity index (χ2n) is 1.62. The Bertz CT molecular complexity index is 161. The van der Waals surface area contributed by atoms with E-state index in [1.165, 1.54) is 0 Å². The first kappa shape index (κ1) is 10.4. The van der Waals surface area contributed by atoms with Crippen LogP contribution in [0, 0.1) is 0 Å². The maximum Gasteiger partial charge on any atom is 0.241 e. The summed E-state index contributed by atoms with van der Waals surface area (Å²) in [6.07, 6.45) is 0.736. The molecule has 0 rings (SSSR count). The zero-order valence-electron chi connectivity index (χ0n) is 6.20. The molecule has 68 valence electrons. The van der Waals surface area contributed by atoms with E-state index in [0.29, 0.717) is 12.8 Å². The molecule has 7 nitrogen and oxygen atoms in total. The largest absolute Gasteiger partial charge is 0.350 e. The zero-order chi connectivity index (χ0) is 9.23. The topological polar surface area (TPSA) is 96.5 Å². The third-order valence-electron chi connectivity index (χ3n) is 0.819. The summed E-state index contributed by atoms with van der Waals surface area (Å²) in [5.41, 5.74) is 1.87. The van der Waals surface area contributed by atoms with Crippen LogP contribution in [-0.4, -0.2) is 32.0 Å². The van der Waals surface area contributed by atoms with Crippen molar-refractivity contribution in [2.45, 2.75) is 0 Å². The summed E-state index contributed by atoms with van der Waals surface area (Å²) in [5, 5.41) is 4.40. The van der Waals surface area contributed by atoms with Crippen LogP contribution in [0.25, 0.3) is 0 Å². The van der Waals surface area contributed by atoms with Gasteiger partial charge in [-0.1, -0.05) is 0 Å². The standard InChI is InChI=1S/C5H9N3O4/c9-2-6-1-5(11)7-4-12-8-3-10/h2-3H,1,4H2,(H,6,9)(H,7,11)(H,8,10). The molecule has 0 heterocycles. The van der Waals surface area contributed by atoms with Gasteiger partial charge in [0.2, 0.25) is 18.7 Å². The van der Waals surface area contributed by atoms with E-state index in [1.807, 2.05) is 5.48 Å². The molecular weight excluding hydrogens is 166 g/mol. The van der Waals surface area contributed by atoms with Crippen molar-refractivity contribution in [1.29, 1.82) is 0 Å². The fraction of sp³-hybridized carbons (Fsp3) is 0.400. The highest BCUT2D eigenvalue weighted by Gasteiger charge is 1.96. The van der Waals surface area contributed by atoms with E-state index in [4.69, 9.17) is 0 Å². The maximum atomic E-state index is 10.6. The van der Waals surface area contributed by atoms with Crippen molar-refractivity contribution in [3.63, 3.8) is 0 Å². The van der Waals surface area contributed by atoms with Gasteiger partial charge < -0.3 is 10.6 Å².